The van der Waals surface area contributed by atoms with Crippen molar-refractivity contribution < 1.29 is 23.8 Å². The molecule has 0 spiro atoms. The standard InChI is InChI=1S/C24H27N3O5/c1-15-12-26-20(13-25-15)24(29)32-14-21(28)19-10-16(2)27(17(19)3)9-8-18-6-7-22(30-4)23(11-18)31-5/h6-7,10-13H,8-9,14H2,1-5H3. The first kappa shape index (κ1) is 23.0. The zero-order valence-electron chi connectivity index (χ0n) is 19.0. The molecule has 2 heterocycles. The highest BCUT2D eigenvalue weighted by atomic mass is 16.5. The minimum atomic E-state index is -0.673. The maximum atomic E-state index is 12.7. The summed E-state index contributed by atoms with van der Waals surface area (Å²) in [4.78, 5) is 32.8. The van der Waals surface area contributed by atoms with Crippen molar-refractivity contribution in [3.8, 4) is 11.5 Å². The Labute approximate surface area is 187 Å². The van der Waals surface area contributed by atoms with Crippen molar-refractivity contribution in [3.05, 3.63) is 70.6 Å². The number of ether oxygens (including phenoxy) is 3. The normalized spacial score (nSPS) is 10.7. The summed E-state index contributed by atoms with van der Waals surface area (Å²) in [5, 5.41) is 0. The molecule has 0 amide bonds. The Morgan fingerprint density at radius 2 is 1.72 bits per heavy atom. The second-order valence-corrected chi connectivity index (χ2v) is 7.42. The number of ketones is 1. The first-order valence-corrected chi connectivity index (χ1v) is 10.2. The van der Waals surface area contributed by atoms with Gasteiger partial charge >= 0.3 is 5.97 Å². The van der Waals surface area contributed by atoms with Crippen LogP contribution in [-0.4, -0.2) is 47.1 Å². The van der Waals surface area contributed by atoms with Gasteiger partial charge in [0, 0.05) is 29.7 Å². The molecule has 0 aliphatic carbocycles. The number of benzene rings is 1. The van der Waals surface area contributed by atoms with Gasteiger partial charge in [0.25, 0.3) is 0 Å². The van der Waals surface area contributed by atoms with Crippen molar-refractivity contribution in [3.63, 3.8) is 0 Å². The van der Waals surface area contributed by atoms with E-state index in [0.29, 0.717) is 29.3 Å². The quantitative estimate of drug-likeness (QED) is 0.374. The van der Waals surface area contributed by atoms with E-state index < -0.39 is 5.97 Å². The number of esters is 1. The largest absolute Gasteiger partial charge is 0.493 e. The van der Waals surface area contributed by atoms with Crippen LogP contribution < -0.4 is 9.47 Å². The van der Waals surface area contributed by atoms with Crippen LogP contribution in [0.15, 0.2) is 36.7 Å². The molecule has 1 aromatic carbocycles. The number of nitrogens with zero attached hydrogens (tertiary/aromatic N) is 3. The van der Waals surface area contributed by atoms with E-state index in [4.69, 9.17) is 14.2 Å². The Morgan fingerprint density at radius 1 is 0.969 bits per heavy atom. The van der Waals surface area contributed by atoms with Crippen LogP contribution in [0.4, 0.5) is 0 Å². The summed E-state index contributed by atoms with van der Waals surface area (Å²) in [6, 6.07) is 7.65. The molecule has 0 saturated carbocycles. The number of rotatable bonds is 9. The molecular formula is C24H27N3O5. The monoisotopic (exact) mass is 437 g/mol. The molecule has 0 unspecified atom stereocenters. The summed E-state index contributed by atoms with van der Waals surface area (Å²) in [5.41, 5.74) is 4.19. The van der Waals surface area contributed by atoms with Gasteiger partial charge in [-0.15, -0.1) is 0 Å². The van der Waals surface area contributed by atoms with Gasteiger partial charge in [0.2, 0.25) is 5.78 Å². The summed E-state index contributed by atoms with van der Waals surface area (Å²) in [6.45, 7) is 5.95. The number of Topliss-reactive ketones (excluding diaryl/α,β-unsaturated/α-hetero) is 1. The van der Waals surface area contributed by atoms with E-state index >= 15 is 0 Å². The smallest absolute Gasteiger partial charge is 0.358 e. The minimum Gasteiger partial charge on any atom is -0.493 e. The molecule has 0 bridgehead atoms. The van der Waals surface area contributed by atoms with E-state index in [1.165, 1.54) is 12.4 Å². The van der Waals surface area contributed by atoms with Crippen molar-refractivity contribution >= 4 is 11.8 Å². The fourth-order valence-corrected chi connectivity index (χ4v) is 3.49. The van der Waals surface area contributed by atoms with Crippen molar-refractivity contribution in [1.82, 2.24) is 14.5 Å². The molecule has 8 nitrogen and oxygen atoms in total. The molecule has 0 N–H and O–H groups in total. The van der Waals surface area contributed by atoms with Crippen LogP contribution in [0.3, 0.4) is 0 Å². The van der Waals surface area contributed by atoms with Crippen LogP contribution in [0, 0.1) is 20.8 Å². The van der Waals surface area contributed by atoms with Crippen LogP contribution >= 0.6 is 0 Å². The fourth-order valence-electron chi connectivity index (χ4n) is 3.49. The van der Waals surface area contributed by atoms with Crippen LogP contribution in [0.25, 0.3) is 0 Å². The number of carbonyl (C=O) groups is 2. The Balaban J connectivity index is 1.65. The lowest BCUT2D eigenvalue weighted by Crippen LogP contribution is -2.16. The topological polar surface area (TPSA) is 92.5 Å². The first-order chi connectivity index (χ1) is 15.3. The van der Waals surface area contributed by atoms with Crippen molar-refractivity contribution in [2.75, 3.05) is 20.8 Å². The van der Waals surface area contributed by atoms with E-state index in [2.05, 4.69) is 14.5 Å². The lowest BCUT2D eigenvalue weighted by molar-refractivity contribution is 0.0468. The second kappa shape index (κ2) is 10.1. The molecule has 0 fully saturated rings. The van der Waals surface area contributed by atoms with E-state index in [1.807, 2.05) is 38.1 Å². The second-order valence-electron chi connectivity index (χ2n) is 7.42. The maximum absolute atomic E-state index is 12.7. The molecule has 8 heteroatoms. The molecule has 0 saturated heterocycles. The molecule has 3 rings (SSSR count). The predicted octanol–water partition coefficient (Wildman–Crippen LogP) is 3.50. The van der Waals surface area contributed by atoms with Gasteiger partial charge in [0.15, 0.2) is 23.8 Å². The zero-order chi connectivity index (χ0) is 23.3. The summed E-state index contributed by atoms with van der Waals surface area (Å²) >= 11 is 0. The van der Waals surface area contributed by atoms with Crippen molar-refractivity contribution in [2.24, 2.45) is 0 Å². The van der Waals surface area contributed by atoms with Gasteiger partial charge in [-0.05, 0) is 51.0 Å². The van der Waals surface area contributed by atoms with Gasteiger partial charge in [0.05, 0.1) is 26.1 Å². The number of aryl methyl sites for hydroxylation is 3. The Kier molecular flexibility index (Phi) is 7.25. The molecule has 0 aliphatic heterocycles. The Morgan fingerprint density at radius 3 is 2.38 bits per heavy atom. The van der Waals surface area contributed by atoms with E-state index in [9.17, 15) is 9.59 Å². The average Bonchev–Trinajstić information content (AvgIpc) is 3.09. The number of hydrogen-bond acceptors (Lipinski definition) is 7. The van der Waals surface area contributed by atoms with Crippen LogP contribution in [0.1, 0.15) is 43.5 Å². The van der Waals surface area contributed by atoms with Crippen molar-refractivity contribution in [2.45, 2.75) is 33.7 Å². The van der Waals surface area contributed by atoms with Gasteiger partial charge in [-0.1, -0.05) is 6.07 Å². The van der Waals surface area contributed by atoms with Gasteiger partial charge in [-0.25, -0.2) is 9.78 Å². The Hall–Kier alpha value is -3.68. The summed E-state index contributed by atoms with van der Waals surface area (Å²) < 4.78 is 17.9. The van der Waals surface area contributed by atoms with E-state index in [0.717, 1.165) is 23.4 Å². The molecule has 168 valence electrons. The highest BCUT2D eigenvalue weighted by Gasteiger charge is 2.18. The maximum Gasteiger partial charge on any atom is 0.358 e. The van der Waals surface area contributed by atoms with E-state index in [-0.39, 0.29) is 18.1 Å². The van der Waals surface area contributed by atoms with Gasteiger partial charge in [0.1, 0.15) is 0 Å². The highest BCUT2D eigenvalue weighted by molar-refractivity contribution is 6.00. The molecule has 0 aliphatic rings. The number of aromatic nitrogens is 3. The number of methoxy groups -OCH3 is 2. The van der Waals surface area contributed by atoms with Crippen molar-refractivity contribution in [1.29, 1.82) is 0 Å². The van der Waals surface area contributed by atoms with E-state index in [1.54, 1.807) is 21.1 Å². The lowest BCUT2D eigenvalue weighted by atomic mass is 10.1. The molecule has 32 heavy (non-hydrogen) atoms. The molecule has 0 atom stereocenters. The molecular weight excluding hydrogens is 410 g/mol. The van der Waals surface area contributed by atoms with Gasteiger partial charge in [-0.3, -0.25) is 9.78 Å². The number of hydrogen-bond donors (Lipinski definition) is 0. The third-order valence-corrected chi connectivity index (χ3v) is 5.27. The molecule has 3 aromatic rings. The molecule has 0 radical (unpaired) electrons. The SMILES string of the molecule is COc1ccc(CCn2c(C)cc(C(=O)COC(=O)c3cnc(C)cn3)c2C)cc1OC. The van der Waals surface area contributed by atoms with Gasteiger partial charge in [-0.2, -0.15) is 0 Å². The summed E-state index contributed by atoms with van der Waals surface area (Å²) in [7, 11) is 3.21. The summed E-state index contributed by atoms with van der Waals surface area (Å²) in [5.74, 6) is 0.433. The number of carbonyl (C=O) groups excluding carboxylic acids is 2. The fraction of sp³-hybridized carbons (Fsp3) is 0.333. The third-order valence-electron chi connectivity index (χ3n) is 5.27. The average molecular weight is 437 g/mol. The lowest BCUT2D eigenvalue weighted by Gasteiger charge is -2.12. The molecule has 2 aromatic heterocycles. The van der Waals surface area contributed by atoms with Gasteiger partial charge < -0.3 is 18.8 Å². The third kappa shape index (κ3) is 5.14. The Bertz CT molecular complexity index is 1120. The van der Waals surface area contributed by atoms with Crippen LogP contribution in [0.2, 0.25) is 0 Å². The zero-order valence-corrected chi connectivity index (χ0v) is 19.0. The predicted molar refractivity (Wildman–Crippen MR) is 119 cm³/mol. The van der Waals surface area contributed by atoms with Crippen LogP contribution in [-0.2, 0) is 17.7 Å². The first-order valence-electron chi connectivity index (χ1n) is 10.2. The highest BCUT2D eigenvalue weighted by Crippen LogP contribution is 2.28. The minimum absolute atomic E-state index is 0.0730. The van der Waals surface area contributed by atoms with Crippen LogP contribution in [0.5, 0.6) is 11.5 Å². The summed E-state index contributed by atoms with van der Waals surface area (Å²) in [6.07, 6.45) is 3.57.